The molecule has 0 amide bonds. The van der Waals surface area contributed by atoms with Gasteiger partial charge in [-0.15, -0.1) is 10.2 Å². The van der Waals surface area contributed by atoms with Crippen molar-refractivity contribution in [3.05, 3.63) is 60.3 Å². The van der Waals surface area contributed by atoms with Gasteiger partial charge in [-0.25, -0.2) is 9.97 Å². The van der Waals surface area contributed by atoms with Crippen LogP contribution in [0.3, 0.4) is 0 Å². The molecule has 0 bridgehead atoms. The molecule has 0 unspecified atom stereocenters. The fraction of sp³-hybridized carbons (Fsp3) is 0.111. The zero-order valence-corrected chi connectivity index (χ0v) is 14.2. The van der Waals surface area contributed by atoms with Crippen LogP contribution in [0.15, 0.2) is 58.1 Å². The molecule has 122 valence electrons. The Bertz CT molecular complexity index is 1230. The molecule has 5 aromatic rings. The minimum atomic E-state index is 0.563. The lowest BCUT2D eigenvalue weighted by molar-refractivity contribution is 0.485. The zero-order chi connectivity index (χ0) is 16.8. The van der Waals surface area contributed by atoms with E-state index in [0.29, 0.717) is 17.5 Å². The molecule has 3 heterocycles. The first-order valence-electron chi connectivity index (χ1n) is 7.87. The summed E-state index contributed by atoms with van der Waals surface area (Å²) in [6.07, 6.45) is 0. The summed E-state index contributed by atoms with van der Waals surface area (Å²) in [5, 5.41) is 9.84. The number of thioether (sulfide) groups is 1. The van der Waals surface area contributed by atoms with Crippen LogP contribution in [0.4, 0.5) is 0 Å². The van der Waals surface area contributed by atoms with Crippen LogP contribution >= 0.6 is 11.8 Å². The average molecular weight is 347 g/mol. The molecule has 25 heavy (non-hydrogen) atoms. The van der Waals surface area contributed by atoms with E-state index in [4.69, 9.17) is 14.4 Å². The van der Waals surface area contributed by atoms with Crippen molar-refractivity contribution >= 4 is 39.3 Å². The molecule has 7 heteroatoms. The zero-order valence-electron chi connectivity index (χ0n) is 13.4. The quantitative estimate of drug-likeness (QED) is 0.363. The van der Waals surface area contributed by atoms with Crippen molar-refractivity contribution < 1.29 is 4.42 Å². The molecule has 3 aromatic heterocycles. The van der Waals surface area contributed by atoms with Crippen molar-refractivity contribution in [1.29, 1.82) is 0 Å². The van der Waals surface area contributed by atoms with E-state index in [1.807, 2.05) is 36.4 Å². The summed E-state index contributed by atoms with van der Waals surface area (Å²) in [5.74, 6) is 1.73. The molecule has 0 aliphatic heterocycles. The summed E-state index contributed by atoms with van der Waals surface area (Å²) in [4.78, 5) is 9.66. The van der Waals surface area contributed by atoms with Gasteiger partial charge < -0.3 is 4.42 Å². The van der Waals surface area contributed by atoms with Crippen molar-refractivity contribution in [3.63, 3.8) is 0 Å². The maximum absolute atomic E-state index is 5.48. The van der Waals surface area contributed by atoms with Gasteiger partial charge in [0.25, 0.3) is 0 Å². The van der Waals surface area contributed by atoms with E-state index in [1.165, 1.54) is 0 Å². The summed E-state index contributed by atoms with van der Waals surface area (Å²) in [6, 6.07) is 16.2. The van der Waals surface area contributed by atoms with Crippen molar-refractivity contribution in [2.75, 3.05) is 0 Å². The molecule has 0 atom stereocenters. The average Bonchev–Trinajstić information content (AvgIpc) is 3.23. The topological polar surface area (TPSA) is 69.1 Å². The van der Waals surface area contributed by atoms with Gasteiger partial charge in [0, 0.05) is 12.3 Å². The van der Waals surface area contributed by atoms with Gasteiger partial charge in [-0.1, -0.05) is 36.0 Å². The summed E-state index contributed by atoms with van der Waals surface area (Å²) in [5.41, 5.74) is 3.83. The Morgan fingerprint density at radius 3 is 2.60 bits per heavy atom. The SMILES string of the molecule is Cc1nnc(CSc2nc3ccccc3c3nc4ccccc4n23)o1. The van der Waals surface area contributed by atoms with E-state index >= 15 is 0 Å². The highest BCUT2D eigenvalue weighted by molar-refractivity contribution is 7.98. The van der Waals surface area contributed by atoms with Crippen molar-refractivity contribution in [1.82, 2.24) is 24.6 Å². The van der Waals surface area contributed by atoms with E-state index in [2.05, 4.69) is 26.7 Å². The van der Waals surface area contributed by atoms with Crippen LogP contribution in [0.1, 0.15) is 11.8 Å². The molecule has 0 spiro atoms. The van der Waals surface area contributed by atoms with Gasteiger partial charge in [-0.3, -0.25) is 4.40 Å². The van der Waals surface area contributed by atoms with Crippen LogP contribution in [0.2, 0.25) is 0 Å². The van der Waals surface area contributed by atoms with Gasteiger partial charge in [-0.05, 0) is 24.3 Å². The van der Waals surface area contributed by atoms with Gasteiger partial charge in [0.15, 0.2) is 5.16 Å². The number of aromatic nitrogens is 5. The number of hydrogen-bond donors (Lipinski definition) is 0. The molecule has 0 saturated heterocycles. The van der Waals surface area contributed by atoms with E-state index in [1.54, 1.807) is 18.7 Å². The minimum Gasteiger partial charge on any atom is -0.425 e. The third kappa shape index (κ3) is 2.35. The molecular formula is C18H13N5OS. The number of benzene rings is 2. The first-order valence-corrected chi connectivity index (χ1v) is 8.86. The monoisotopic (exact) mass is 347 g/mol. The van der Waals surface area contributed by atoms with Crippen LogP contribution in [-0.4, -0.2) is 24.6 Å². The molecule has 0 fully saturated rings. The number of nitrogens with zero attached hydrogens (tertiary/aromatic N) is 5. The second-order valence-corrected chi connectivity index (χ2v) is 6.62. The molecule has 0 aliphatic carbocycles. The first-order chi connectivity index (χ1) is 12.3. The number of para-hydroxylation sites is 3. The standard InChI is InChI=1S/C18H13N5OS/c1-11-21-22-16(24-11)10-25-18-20-13-7-3-2-6-12(13)17-19-14-8-4-5-9-15(14)23(17)18/h2-9H,10H2,1H3. The van der Waals surface area contributed by atoms with Crippen molar-refractivity contribution in [3.8, 4) is 0 Å². The van der Waals surface area contributed by atoms with Crippen LogP contribution < -0.4 is 0 Å². The van der Waals surface area contributed by atoms with Crippen molar-refractivity contribution in [2.24, 2.45) is 0 Å². The fourth-order valence-electron chi connectivity index (χ4n) is 2.93. The largest absolute Gasteiger partial charge is 0.425 e. The second-order valence-electron chi connectivity index (χ2n) is 5.67. The Morgan fingerprint density at radius 2 is 1.76 bits per heavy atom. The molecule has 0 N–H and O–H groups in total. The Labute approximate surface area is 146 Å². The molecule has 6 nitrogen and oxygen atoms in total. The van der Waals surface area contributed by atoms with Crippen LogP contribution in [-0.2, 0) is 5.75 Å². The second kappa shape index (κ2) is 5.56. The van der Waals surface area contributed by atoms with Crippen molar-refractivity contribution in [2.45, 2.75) is 17.8 Å². The lowest BCUT2D eigenvalue weighted by Crippen LogP contribution is -1.97. The number of fused-ring (bicyclic) bond motifs is 5. The maximum atomic E-state index is 5.48. The Hall–Kier alpha value is -2.93. The van der Waals surface area contributed by atoms with Gasteiger partial charge in [-0.2, -0.15) is 0 Å². The smallest absolute Gasteiger partial charge is 0.226 e. The lowest BCUT2D eigenvalue weighted by atomic mass is 10.2. The summed E-state index contributed by atoms with van der Waals surface area (Å²) in [6.45, 7) is 1.79. The highest BCUT2D eigenvalue weighted by Crippen LogP contribution is 2.30. The minimum absolute atomic E-state index is 0.563. The third-order valence-electron chi connectivity index (χ3n) is 4.01. The highest BCUT2D eigenvalue weighted by atomic mass is 32.2. The summed E-state index contributed by atoms with van der Waals surface area (Å²) in [7, 11) is 0. The molecule has 2 aromatic carbocycles. The predicted molar refractivity (Wildman–Crippen MR) is 96.6 cm³/mol. The third-order valence-corrected chi connectivity index (χ3v) is 4.93. The highest BCUT2D eigenvalue weighted by Gasteiger charge is 2.15. The van der Waals surface area contributed by atoms with Crippen LogP contribution in [0, 0.1) is 6.92 Å². The van der Waals surface area contributed by atoms with E-state index in [9.17, 15) is 0 Å². The number of rotatable bonds is 3. The molecule has 5 rings (SSSR count). The first kappa shape index (κ1) is 14.4. The molecule has 0 aliphatic rings. The van der Waals surface area contributed by atoms with Gasteiger partial charge in [0.2, 0.25) is 11.8 Å². The Kier molecular flexibility index (Phi) is 3.21. The van der Waals surface area contributed by atoms with Crippen LogP contribution in [0.25, 0.3) is 27.6 Å². The van der Waals surface area contributed by atoms with Gasteiger partial charge in [0.05, 0.1) is 22.3 Å². The maximum Gasteiger partial charge on any atom is 0.226 e. The summed E-state index contributed by atoms with van der Waals surface area (Å²) >= 11 is 1.57. The number of imidazole rings is 1. The Balaban J connectivity index is 1.74. The summed E-state index contributed by atoms with van der Waals surface area (Å²) < 4.78 is 7.58. The molecule has 0 radical (unpaired) electrons. The number of aryl methyl sites for hydroxylation is 1. The molecule has 0 saturated carbocycles. The predicted octanol–water partition coefficient (Wildman–Crippen LogP) is 4.02. The lowest BCUT2D eigenvalue weighted by Gasteiger charge is -2.07. The van der Waals surface area contributed by atoms with Gasteiger partial charge >= 0.3 is 0 Å². The van der Waals surface area contributed by atoms with Crippen LogP contribution in [0.5, 0.6) is 0 Å². The van der Waals surface area contributed by atoms with E-state index in [-0.39, 0.29) is 0 Å². The fourth-order valence-corrected chi connectivity index (χ4v) is 3.78. The molecular weight excluding hydrogens is 334 g/mol. The normalized spacial score (nSPS) is 11.7. The van der Waals surface area contributed by atoms with Gasteiger partial charge in [0.1, 0.15) is 5.65 Å². The van der Waals surface area contributed by atoms with E-state index in [0.717, 1.165) is 32.7 Å². The van der Waals surface area contributed by atoms with E-state index < -0.39 is 0 Å². The Morgan fingerprint density at radius 1 is 0.960 bits per heavy atom. The number of hydrogen-bond acceptors (Lipinski definition) is 6.